The van der Waals surface area contributed by atoms with E-state index in [2.05, 4.69) is 23.9 Å². The maximum Gasteiger partial charge on any atom is 0.340 e. The van der Waals surface area contributed by atoms with Crippen LogP contribution in [0.5, 0.6) is 0 Å². The first-order valence-corrected chi connectivity index (χ1v) is 10.6. The molecule has 2 N–H and O–H groups in total. The molecule has 1 fully saturated rings. The molecule has 0 heterocycles. The van der Waals surface area contributed by atoms with Crippen LogP contribution in [0.15, 0.2) is 24.3 Å². The van der Waals surface area contributed by atoms with E-state index in [0.29, 0.717) is 11.8 Å². The molecule has 7 nitrogen and oxygen atoms in total. The van der Waals surface area contributed by atoms with Crippen molar-refractivity contribution in [1.82, 2.24) is 5.32 Å². The highest BCUT2D eigenvalue weighted by Gasteiger charge is 2.28. The smallest absolute Gasteiger partial charge is 0.340 e. The quantitative estimate of drug-likeness (QED) is 0.734. The Bertz CT molecular complexity index is 763. The molecule has 2 rings (SSSR count). The number of benzene rings is 1. The van der Waals surface area contributed by atoms with E-state index in [1.807, 2.05) is 0 Å². The number of rotatable bonds is 6. The van der Waals surface area contributed by atoms with Gasteiger partial charge in [-0.3, -0.25) is 9.52 Å². The van der Waals surface area contributed by atoms with Crippen LogP contribution in [0.1, 0.15) is 43.5 Å². The summed E-state index contributed by atoms with van der Waals surface area (Å²) in [7, 11) is -3.53. The number of anilines is 1. The fraction of sp³-hybridized carbons (Fsp3) is 0.556. The van der Waals surface area contributed by atoms with Crippen molar-refractivity contribution in [1.29, 1.82) is 0 Å². The molecule has 1 aromatic rings. The molecule has 1 aromatic carbocycles. The molecule has 0 aliphatic heterocycles. The van der Waals surface area contributed by atoms with Gasteiger partial charge in [-0.1, -0.05) is 38.8 Å². The third-order valence-electron chi connectivity index (χ3n) is 4.83. The Morgan fingerprint density at radius 3 is 2.58 bits per heavy atom. The van der Waals surface area contributed by atoms with Crippen molar-refractivity contribution in [3.8, 4) is 0 Å². The van der Waals surface area contributed by atoms with Crippen molar-refractivity contribution in [3.63, 3.8) is 0 Å². The Morgan fingerprint density at radius 2 is 1.88 bits per heavy atom. The van der Waals surface area contributed by atoms with Crippen LogP contribution in [0.2, 0.25) is 0 Å². The summed E-state index contributed by atoms with van der Waals surface area (Å²) < 4.78 is 30.1. The van der Waals surface area contributed by atoms with Crippen LogP contribution < -0.4 is 10.0 Å². The van der Waals surface area contributed by atoms with Gasteiger partial charge in [0.2, 0.25) is 10.0 Å². The summed E-state index contributed by atoms with van der Waals surface area (Å²) in [6.45, 7) is 3.90. The zero-order valence-corrected chi connectivity index (χ0v) is 16.1. The molecule has 0 radical (unpaired) electrons. The van der Waals surface area contributed by atoms with Crippen molar-refractivity contribution in [2.24, 2.45) is 11.8 Å². The Balaban J connectivity index is 1.93. The molecule has 0 spiro atoms. The van der Waals surface area contributed by atoms with Gasteiger partial charge in [0.1, 0.15) is 0 Å². The normalized spacial score (nSPS) is 23.1. The molecule has 3 atom stereocenters. The second kappa shape index (κ2) is 8.53. The standard InChI is InChI=1S/C18H26N2O5S/c1-12-7-6-10-15(13(12)2)19-17(21)11-25-18(22)14-8-4-5-9-16(14)20-26(3,23)24/h4-5,8-9,12-13,15,20H,6-7,10-11H2,1-3H3,(H,19,21)/t12-,13-,15-/m1/s1. The molecule has 144 valence electrons. The van der Waals surface area contributed by atoms with Crippen LogP contribution in [0.3, 0.4) is 0 Å². The number of esters is 1. The molecule has 0 aromatic heterocycles. The number of hydrogen-bond acceptors (Lipinski definition) is 5. The fourth-order valence-electron chi connectivity index (χ4n) is 3.19. The minimum Gasteiger partial charge on any atom is -0.452 e. The number of carbonyl (C=O) groups is 2. The number of para-hydroxylation sites is 1. The van der Waals surface area contributed by atoms with E-state index in [1.165, 1.54) is 12.1 Å². The van der Waals surface area contributed by atoms with E-state index in [-0.39, 0.29) is 23.2 Å². The highest BCUT2D eigenvalue weighted by Crippen LogP contribution is 2.29. The summed E-state index contributed by atoms with van der Waals surface area (Å²) in [5.41, 5.74) is 0.181. The van der Waals surface area contributed by atoms with E-state index in [1.54, 1.807) is 12.1 Å². The van der Waals surface area contributed by atoms with E-state index in [9.17, 15) is 18.0 Å². The average molecular weight is 382 g/mol. The Morgan fingerprint density at radius 1 is 1.19 bits per heavy atom. The van der Waals surface area contributed by atoms with Gasteiger partial charge < -0.3 is 10.1 Å². The first-order chi connectivity index (χ1) is 12.2. The molecule has 1 saturated carbocycles. The Labute approximate surface area is 154 Å². The molecule has 1 amide bonds. The molecule has 26 heavy (non-hydrogen) atoms. The number of amides is 1. The Kier molecular flexibility index (Phi) is 6.63. The van der Waals surface area contributed by atoms with Crippen LogP contribution >= 0.6 is 0 Å². The topological polar surface area (TPSA) is 102 Å². The van der Waals surface area contributed by atoms with Crippen LogP contribution in [0.4, 0.5) is 5.69 Å². The zero-order valence-electron chi connectivity index (χ0n) is 15.3. The van der Waals surface area contributed by atoms with Gasteiger partial charge in [-0.25, -0.2) is 13.2 Å². The highest BCUT2D eigenvalue weighted by molar-refractivity contribution is 7.92. The SMILES string of the molecule is C[C@@H]1[C@H](C)CCC[C@H]1NC(=O)COC(=O)c1ccccc1NS(C)(=O)=O. The molecule has 0 unspecified atom stereocenters. The third kappa shape index (κ3) is 5.72. The summed E-state index contributed by atoms with van der Waals surface area (Å²) in [5.74, 6) is -0.177. The zero-order chi connectivity index (χ0) is 19.3. The molecular weight excluding hydrogens is 356 g/mol. The molecule has 1 aliphatic carbocycles. The maximum atomic E-state index is 12.2. The summed E-state index contributed by atoms with van der Waals surface area (Å²) in [6.07, 6.45) is 4.15. The van der Waals surface area contributed by atoms with Gasteiger partial charge in [0, 0.05) is 6.04 Å². The lowest BCUT2D eigenvalue weighted by Gasteiger charge is -2.34. The van der Waals surface area contributed by atoms with Gasteiger partial charge in [-0.15, -0.1) is 0 Å². The molecule has 0 saturated heterocycles. The number of carbonyl (C=O) groups excluding carboxylic acids is 2. The molecule has 8 heteroatoms. The summed E-state index contributed by atoms with van der Waals surface area (Å²) >= 11 is 0. The van der Waals surface area contributed by atoms with Crippen molar-refractivity contribution in [2.75, 3.05) is 17.6 Å². The van der Waals surface area contributed by atoms with Crippen molar-refractivity contribution in [2.45, 2.75) is 39.2 Å². The largest absolute Gasteiger partial charge is 0.452 e. The monoisotopic (exact) mass is 382 g/mol. The molecular formula is C18H26N2O5S. The van der Waals surface area contributed by atoms with Crippen LogP contribution in [0.25, 0.3) is 0 Å². The lowest BCUT2D eigenvalue weighted by atomic mass is 9.78. The highest BCUT2D eigenvalue weighted by atomic mass is 32.2. The average Bonchev–Trinajstić information content (AvgIpc) is 2.56. The van der Waals surface area contributed by atoms with Crippen molar-refractivity contribution >= 4 is 27.6 Å². The second-order valence-electron chi connectivity index (χ2n) is 6.94. The number of ether oxygens (including phenoxy) is 1. The van der Waals surface area contributed by atoms with Crippen molar-refractivity contribution in [3.05, 3.63) is 29.8 Å². The number of nitrogens with one attached hydrogen (secondary N) is 2. The minimum atomic E-state index is -3.53. The fourth-order valence-corrected chi connectivity index (χ4v) is 3.77. The third-order valence-corrected chi connectivity index (χ3v) is 5.42. The lowest BCUT2D eigenvalue weighted by molar-refractivity contribution is -0.125. The van der Waals surface area contributed by atoms with E-state index >= 15 is 0 Å². The van der Waals surface area contributed by atoms with Gasteiger partial charge in [0.25, 0.3) is 5.91 Å². The van der Waals surface area contributed by atoms with Crippen molar-refractivity contribution < 1.29 is 22.7 Å². The minimum absolute atomic E-state index is 0.0605. The predicted octanol–water partition coefficient (Wildman–Crippen LogP) is 2.16. The molecule has 0 bridgehead atoms. The van der Waals surface area contributed by atoms with E-state index < -0.39 is 22.6 Å². The van der Waals surface area contributed by atoms with Crippen LogP contribution in [-0.2, 0) is 19.6 Å². The lowest BCUT2D eigenvalue weighted by Crippen LogP contribution is -2.45. The summed E-state index contributed by atoms with van der Waals surface area (Å²) in [6, 6.07) is 6.18. The van der Waals surface area contributed by atoms with Crippen LogP contribution in [0, 0.1) is 11.8 Å². The second-order valence-corrected chi connectivity index (χ2v) is 8.69. The van der Waals surface area contributed by atoms with Gasteiger partial charge >= 0.3 is 5.97 Å². The summed E-state index contributed by atoms with van der Waals surface area (Å²) in [5, 5.41) is 2.93. The van der Waals surface area contributed by atoms with Gasteiger partial charge in [0.05, 0.1) is 17.5 Å². The van der Waals surface area contributed by atoms with E-state index in [0.717, 1.165) is 25.5 Å². The first-order valence-electron chi connectivity index (χ1n) is 8.70. The summed E-state index contributed by atoms with van der Waals surface area (Å²) in [4.78, 5) is 24.3. The maximum absolute atomic E-state index is 12.2. The number of sulfonamides is 1. The van der Waals surface area contributed by atoms with Gasteiger partial charge in [-0.05, 0) is 30.4 Å². The van der Waals surface area contributed by atoms with Gasteiger partial charge in [0.15, 0.2) is 6.61 Å². The van der Waals surface area contributed by atoms with Crippen LogP contribution in [-0.4, -0.2) is 39.2 Å². The molecule has 1 aliphatic rings. The first kappa shape index (κ1) is 20.2. The predicted molar refractivity (Wildman–Crippen MR) is 99.3 cm³/mol. The Hall–Kier alpha value is -2.09. The van der Waals surface area contributed by atoms with E-state index in [4.69, 9.17) is 4.74 Å². The van der Waals surface area contributed by atoms with Gasteiger partial charge in [-0.2, -0.15) is 0 Å². The number of hydrogen-bond donors (Lipinski definition) is 2.